The van der Waals surface area contributed by atoms with Gasteiger partial charge in [-0.1, -0.05) is 17.3 Å². The van der Waals surface area contributed by atoms with Crippen LogP contribution in [0.1, 0.15) is 26.0 Å². The van der Waals surface area contributed by atoms with Crippen molar-refractivity contribution in [2.75, 3.05) is 30.7 Å². The first kappa shape index (κ1) is 35.2. The number of ketones is 1. The number of carboxylic acids is 1. The number of aromatic nitrogens is 2. The quantitative estimate of drug-likeness (QED) is 0.0457. The van der Waals surface area contributed by atoms with Gasteiger partial charge >= 0.3 is 16.4 Å². The van der Waals surface area contributed by atoms with Gasteiger partial charge in [0.1, 0.15) is 18.1 Å². The number of ether oxygens (including phenoxy) is 1. The van der Waals surface area contributed by atoms with Crippen LogP contribution in [0.15, 0.2) is 53.1 Å². The number of Topliss-reactive ketones (excluding diaryl/α,β-unsaturated/α-hetero) is 1. The molecule has 0 radical (unpaired) electrons. The summed E-state index contributed by atoms with van der Waals surface area (Å²) in [6.07, 6.45) is -0.244. The second kappa shape index (κ2) is 14.4. The minimum Gasteiger partial charge on any atom is -0.489 e. The minimum atomic E-state index is -4.99. The van der Waals surface area contributed by atoms with E-state index in [-0.39, 0.29) is 10.8 Å². The minimum absolute atomic E-state index is 0.0235. The van der Waals surface area contributed by atoms with Crippen LogP contribution in [0, 0.1) is 5.92 Å². The SMILES string of the molecule is C[n+]1ccc(-c2ccc(OCC(O/N=C(\C(=O)CC3C(=O)N(OS(=O)(=O)O)C3(C)C)c3csc(N)n3)C(=O)O)cc2)cc1NCCN. The second-order valence-corrected chi connectivity index (χ2v) is 12.8. The predicted molar refractivity (Wildman–Crippen MR) is 168 cm³/mol. The molecule has 3 heterocycles. The molecule has 1 fully saturated rings. The zero-order valence-electron chi connectivity index (χ0n) is 25.5. The Kier molecular flexibility index (Phi) is 10.8. The summed E-state index contributed by atoms with van der Waals surface area (Å²) in [6.45, 7) is 3.46. The Balaban J connectivity index is 1.45. The molecular formula is C28H34N7O10S2+. The highest BCUT2D eigenvalue weighted by molar-refractivity contribution is 7.80. The molecule has 0 spiro atoms. The number of amides is 1. The van der Waals surface area contributed by atoms with E-state index in [0.717, 1.165) is 28.3 Å². The van der Waals surface area contributed by atoms with E-state index >= 15 is 0 Å². The lowest BCUT2D eigenvalue weighted by atomic mass is 9.74. The maximum absolute atomic E-state index is 13.3. The summed E-state index contributed by atoms with van der Waals surface area (Å²) < 4.78 is 43.1. The van der Waals surface area contributed by atoms with Crippen LogP contribution in [0.25, 0.3) is 11.1 Å². The number of benzene rings is 1. The number of rotatable bonds is 16. The largest absolute Gasteiger partial charge is 0.489 e. The molecule has 1 aromatic carbocycles. The molecule has 0 aliphatic carbocycles. The van der Waals surface area contributed by atoms with E-state index in [9.17, 15) is 27.9 Å². The standard InChI is InChI=1S/C28H33N7O10S2/c1-28(2)19(25(37)35(28)45-47(40,41)42)13-21(36)24(20-15-46-27(30)32-20)33-44-22(26(38)39)14-43-18-6-4-16(5-7-18)17-8-11-34(3)23(12-17)31-10-9-29/h4-8,11-12,15,19,22H,9-10,13-14,29H2,1-3H3,(H4,30,32,38,39,40,41,42)/p+1/b33-24-. The lowest BCUT2D eigenvalue weighted by Crippen LogP contribution is -2.68. The van der Waals surface area contributed by atoms with Crippen LogP contribution in [0.4, 0.5) is 10.9 Å². The molecule has 7 N–H and O–H groups in total. The van der Waals surface area contributed by atoms with Crippen molar-refractivity contribution in [1.82, 2.24) is 10.0 Å². The Labute approximate surface area is 273 Å². The molecule has 4 rings (SSSR count). The average molecular weight is 693 g/mol. The van der Waals surface area contributed by atoms with E-state index in [1.54, 1.807) is 24.3 Å². The number of carbonyl (C=O) groups is 3. The first-order valence-corrected chi connectivity index (χ1v) is 16.2. The summed E-state index contributed by atoms with van der Waals surface area (Å²) in [6, 6.07) is 10.9. The van der Waals surface area contributed by atoms with Crippen LogP contribution in [0.2, 0.25) is 0 Å². The van der Waals surface area contributed by atoms with Gasteiger partial charge in [0.25, 0.3) is 17.8 Å². The molecule has 2 unspecified atom stereocenters. The van der Waals surface area contributed by atoms with Gasteiger partial charge in [0.15, 0.2) is 16.6 Å². The molecule has 1 amide bonds. The molecule has 2 aromatic heterocycles. The molecule has 19 heteroatoms. The molecular weight excluding hydrogens is 658 g/mol. The normalized spacial score (nSPS) is 16.7. The van der Waals surface area contributed by atoms with Crippen LogP contribution in [0.5, 0.6) is 5.75 Å². The highest BCUT2D eigenvalue weighted by atomic mass is 32.3. The third-order valence-electron chi connectivity index (χ3n) is 7.20. The molecule has 2 atom stereocenters. The number of pyridine rings is 1. The number of hydroxylamine groups is 2. The second-order valence-electron chi connectivity index (χ2n) is 10.9. The summed E-state index contributed by atoms with van der Waals surface area (Å²) in [4.78, 5) is 47.1. The predicted octanol–water partition coefficient (Wildman–Crippen LogP) is 0.771. The Morgan fingerprint density at radius 3 is 2.51 bits per heavy atom. The number of nitrogens with zero attached hydrogens (tertiary/aromatic N) is 4. The number of aryl methyl sites for hydroxylation is 1. The van der Waals surface area contributed by atoms with E-state index in [1.807, 2.05) is 29.9 Å². The van der Waals surface area contributed by atoms with Crippen molar-refractivity contribution in [3.05, 3.63) is 53.7 Å². The molecule has 0 bridgehead atoms. The highest BCUT2D eigenvalue weighted by Crippen LogP contribution is 2.40. The Morgan fingerprint density at radius 2 is 1.94 bits per heavy atom. The fourth-order valence-electron chi connectivity index (χ4n) is 4.59. The fourth-order valence-corrected chi connectivity index (χ4v) is 5.59. The lowest BCUT2D eigenvalue weighted by molar-refractivity contribution is -0.657. The Hall–Kier alpha value is -4.69. The number of nitrogens with two attached hydrogens (primary N) is 2. The summed E-state index contributed by atoms with van der Waals surface area (Å²) in [5.41, 5.74) is 11.4. The van der Waals surface area contributed by atoms with Crippen LogP contribution < -0.4 is 26.1 Å². The van der Waals surface area contributed by atoms with Gasteiger partial charge in [0.2, 0.25) is 0 Å². The number of hydrogen-bond donors (Lipinski definition) is 5. The molecule has 1 aliphatic heterocycles. The molecule has 1 aliphatic rings. The van der Waals surface area contributed by atoms with Crippen molar-refractivity contribution in [2.24, 2.45) is 23.9 Å². The number of nitrogens with one attached hydrogen (secondary N) is 1. The molecule has 0 saturated carbocycles. The smallest absolute Gasteiger partial charge is 0.418 e. The summed E-state index contributed by atoms with van der Waals surface area (Å²) >= 11 is 0.986. The maximum atomic E-state index is 13.3. The monoisotopic (exact) mass is 692 g/mol. The van der Waals surface area contributed by atoms with Gasteiger partial charge in [-0.05, 0) is 43.2 Å². The fraction of sp³-hybridized carbons (Fsp3) is 0.357. The molecule has 17 nitrogen and oxygen atoms in total. The first-order chi connectivity index (χ1) is 22.1. The average Bonchev–Trinajstić information content (AvgIpc) is 3.44. The topological polar surface area (TPSA) is 250 Å². The number of anilines is 2. The third kappa shape index (κ3) is 8.57. The van der Waals surface area contributed by atoms with Crippen molar-refractivity contribution in [3.8, 4) is 16.9 Å². The van der Waals surface area contributed by atoms with Crippen LogP contribution in [-0.4, -0.2) is 82.8 Å². The number of thiazole rings is 1. The number of nitrogen functional groups attached to an aromatic ring is 1. The zero-order valence-corrected chi connectivity index (χ0v) is 27.2. The molecule has 47 heavy (non-hydrogen) atoms. The molecule has 252 valence electrons. The van der Waals surface area contributed by atoms with Gasteiger partial charge in [0, 0.05) is 24.4 Å². The maximum Gasteiger partial charge on any atom is 0.418 e. The molecule has 3 aromatic rings. The van der Waals surface area contributed by atoms with Gasteiger partial charge < -0.3 is 26.1 Å². The molecule has 1 saturated heterocycles. The highest BCUT2D eigenvalue weighted by Gasteiger charge is 2.57. The summed E-state index contributed by atoms with van der Waals surface area (Å²) in [7, 11) is -3.08. The van der Waals surface area contributed by atoms with Gasteiger partial charge in [-0.2, -0.15) is 13.5 Å². The number of carbonyl (C=O) groups excluding carboxylic acids is 2. The van der Waals surface area contributed by atoms with Crippen molar-refractivity contribution < 1.29 is 50.9 Å². The number of oxime groups is 1. The number of aliphatic carboxylic acids is 1. The van der Waals surface area contributed by atoms with Crippen LogP contribution >= 0.6 is 11.3 Å². The van der Waals surface area contributed by atoms with Crippen molar-refractivity contribution >= 4 is 56.1 Å². The van der Waals surface area contributed by atoms with E-state index in [0.29, 0.717) is 23.9 Å². The summed E-state index contributed by atoms with van der Waals surface area (Å²) in [5, 5.41) is 18.7. The van der Waals surface area contributed by atoms with E-state index in [1.165, 1.54) is 19.2 Å². The van der Waals surface area contributed by atoms with Crippen LogP contribution in [-0.2, 0) is 41.0 Å². The van der Waals surface area contributed by atoms with Crippen molar-refractivity contribution in [3.63, 3.8) is 0 Å². The Bertz CT molecular complexity index is 1780. The number of carboxylic acid groups (broad SMARTS) is 1. The number of β-lactam (4-membered cyclic amide) rings is 1. The van der Waals surface area contributed by atoms with Gasteiger partial charge in [-0.3, -0.25) is 19.5 Å². The van der Waals surface area contributed by atoms with Crippen molar-refractivity contribution in [1.29, 1.82) is 0 Å². The van der Waals surface area contributed by atoms with Gasteiger partial charge in [-0.25, -0.2) is 14.3 Å². The third-order valence-corrected chi connectivity index (χ3v) is 8.21. The van der Waals surface area contributed by atoms with E-state index < -0.39 is 64.4 Å². The lowest BCUT2D eigenvalue weighted by Gasteiger charge is -2.50. The zero-order chi connectivity index (χ0) is 34.5. The Morgan fingerprint density at radius 1 is 1.23 bits per heavy atom. The van der Waals surface area contributed by atoms with Gasteiger partial charge in [-0.15, -0.1) is 15.6 Å². The first-order valence-electron chi connectivity index (χ1n) is 14.0. The van der Waals surface area contributed by atoms with E-state index in [2.05, 4.69) is 19.7 Å². The summed E-state index contributed by atoms with van der Waals surface area (Å²) in [5.74, 6) is -2.94. The van der Waals surface area contributed by atoms with Crippen LogP contribution in [0.3, 0.4) is 0 Å². The van der Waals surface area contributed by atoms with Crippen molar-refractivity contribution in [2.45, 2.75) is 31.9 Å². The van der Waals surface area contributed by atoms with Gasteiger partial charge in [0.05, 0.1) is 31.2 Å². The number of hydrogen-bond acceptors (Lipinski definition) is 14. The van der Waals surface area contributed by atoms with E-state index in [4.69, 9.17) is 25.6 Å².